The van der Waals surface area contributed by atoms with Gasteiger partial charge in [-0.05, 0) is 17.7 Å². The van der Waals surface area contributed by atoms with E-state index in [1.54, 1.807) is 48.5 Å². The summed E-state index contributed by atoms with van der Waals surface area (Å²) in [5.41, 5.74) is 0.685. The lowest BCUT2D eigenvalue weighted by Crippen LogP contribution is -2.29. The van der Waals surface area contributed by atoms with Crippen LogP contribution >= 0.6 is 0 Å². The van der Waals surface area contributed by atoms with Crippen molar-refractivity contribution in [3.05, 3.63) is 106 Å². The average Bonchev–Trinajstić information content (AvgIpc) is 3.05. The Labute approximate surface area is 170 Å². The third-order valence-corrected chi connectivity index (χ3v) is 4.81. The van der Waals surface area contributed by atoms with Gasteiger partial charge in [0.1, 0.15) is 5.76 Å². The Morgan fingerprint density at radius 3 is 2.47 bits per heavy atom. The molecule has 1 N–H and O–H groups in total. The fourth-order valence-electron chi connectivity index (χ4n) is 3.47. The van der Waals surface area contributed by atoms with E-state index in [2.05, 4.69) is 4.98 Å². The maximum absolute atomic E-state index is 12.9. The molecular weight excluding hydrogens is 386 g/mol. The van der Waals surface area contributed by atoms with E-state index in [9.17, 15) is 24.8 Å². The number of ketones is 1. The number of nitro benzene ring substituents is 1. The van der Waals surface area contributed by atoms with E-state index in [0.717, 1.165) is 0 Å². The molecule has 1 fully saturated rings. The number of amides is 1. The van der Waals surface area contributed by atoms with Gasteiger partial charge in [0, 0.05) is 23.9 Å². The van der Waals surface area contributed by atoms with Crippen LogP contribution in [0.1, 0.15) is 17.2 Å². The van der Waals surface area contributed by atoms with Gasteiger partial charge in [-0.3, -0.25) is 29.6 Å². The summed E-state index contributed by atoms with van der Waals surface area (Å²) in [4.78, 5) is 41.8. The maximum atomic E-state index is 12.9. The summed E-state index contributed by atoms with van der Waals surface area (Å²) in [5.74, 6) is -2.08. The SMILES string of the molecule is O=C1C(=O)N(c2cccnc2)[C@@H](c2cccc([N+](=O)[O-])c2)/C1=C(\O)c1ccccc1. The number of aliphatic hydroxyl groups excluding tert-OH is 1. The van der Waals surface area contributed by atoms with Crippen LogP contribution in [-0.4, -0.2) is 26.7 Å². The summed E-state index contributed by atoms with van der Waals surface area (Å²) in [7, 11) is 0. The predicted octanol–water partition coefficient (Wildman–Crippen LogP) is 3.62. The van der Waals surface area contributed by atoms with Crippen LogP contribution in [0.2, 0.25) is 0 Å². The van der Waals surface area contributed by atoms with E-state index >= 15 is 0 Å². The number of nitrogens with zero attached hydrogens (tertiary/aromatic N) is 3. The first-order valence-corrected chi connectivity index (χ1v) is 9.00. The Hall–Kier alpha value is -4.33. The second-order valence-corrected chi connectivity index (χ2v) is 6.60. The van der Waals surface area contributed by atoms with Crippen molar-refractivity contribution in [1.29, 1.82) is 0 Å². The number of pyridine rings is 1. The fourth-order valence-corrected chi connectivity index (χ4v) is 3.47. The molecule has 0 unspecified atom stereocenters. The number of carbonyl (C=O) groups excluding carboxylic acids is 2. The molecule has 4 rings (SSSR count). The minimum Gasteiger partial charge on any atom is -0.507 e. The molecule has 8 heteroatoms. The molecule has 30 heavy (non-hydrogen) atoms. The van der Waals surface area contributed by atoms with Crippen LogP contribution in [0.4, 0.5) is 11.4 Å². The van der Waals surface area contributed by atoms with E-state index in [0.29, 0.717) is 16.8 Å². The molecule has 1 amide bonds. The van der Waals surface area contributed by atoms with Gasteiger partial charge in [0.05, 0.1) is 28.4 Å². The van der Waals surface area contributed by atoms with Crippen LogP contribution < -0.4 is 4.90 Å². The van der Waals surface area contributed by atoms with Gasteiger partial charge in [-0.2, -0.15) is 0 Å². The molecule has 148 valence electrons. The smallest absolute Gasteiger partial charge is 0.300 e. The molecule has 2 heterocycles. The number of aromatic nitrogens is 1. The van der Waals surface area contributed by atoms with Crippen LogP contribution in [0, 0.1) is 10.1 Å². The van der Waals surface area contributed by atoms with Crippen molar-refractivity contribution in [2.24, 2.45) is 0 Å². The molecule has 0 radical (unpaired) electrons. The monoisotopic (exact) mass is 401 g/mol. The van der Waals surface area contributed by atoms with Gasteiger partial charge in [-0.15, -0.1) is 0 Å². The molecule has 0 saturated carbocycles. The minimum absolute atomic E-state index is 0.143. The molecule has 1 aliphatic rings. The number of aliphatic hydroxyl groups is 1. The highest BCUT2D eigenvalue weighted by molar-refractivity contribution is 6.51. The Kier molecular flexibility index (Phi) is 4.81. The molecule has 1 saturated heterocycles. The third-order valence-electron chi connectivity index (χ3n) is 4.81. The number of non-ortho nitro benzene ring substituents is 1. The summed E-state index contributed by atoms with van der Waals surface area (Å²) in [6.07, 6.45) is 2.93. The van der Waals surface area contributed by atoms with Gasteiger partial charge in [-0.25, -0.2) is 0 Å². The molecule has 1 atom stereocenters. The van der Waals surface area contributed by atoms with Gasteiger partial charge >= 0.3 is 0 Å². The predicted molar refractivity (Wildman–Crippen MR) is 109 cm³/mol. The van der Waals surface area contributed by atoms with E-state index < -0.39 is 22.7 Å². The quantitative estimate of drug-likeness (QED) is 0.235. The first-order valence-electron chi connectivity index (χ1n) is 9.00. The average molecular weight is 401 g/mol. The van der Waals surface area contributed by atoms with Crippen LogP contribution in [-0.2, 0) is 9.59 Å². The second kappa shape index (κ2) is 7.59. The lowest BCUT2D eigenvalue weighted by molar-refractivity contribution is -0.384. The number of anilines is 1. The second-order valence-electron chi connectivity index (χ2n) is 6.60. The van der Waals surface area contributed by atoms with Crippen molar-refractivity contribution in [1.82, 2.24) is 4.98 Å². The van der Waals surface area contributed by atoms with Gasteiger partial charge in [-0.1, -0.05) is 42.5 Å². The van der Waals surface area contributed by atoms with E-state index in [-0.39, 0.29) is 17.0 Å². The normalized spacial score (nSPS) is 17.9. The summed E-state index contributed by atoms with van der Waals surface area (Å²) in [5, 5.41) is 22.2. The number of Topliss-reactive ketones (excluding diaryl/α,β-unsaturated/α-hetero) is 1. The van der Waals surface area contributed by atoms with E-state index in [4.69, 9.17) is 0 Å². The zero-order valence-corrected chi connectivity index (χ0v) is 15.5. The van der Waals surface area contributed by atoms with Crippen molar-refractivity contribution in [3.63, 3.8) is 0 Å². The van der Waals surface area contributed by atoms with Gasteiger partial charge in [0.15, 0.2) is 0 Å². The summed E-state index contributed by atoms with van der Waals surface area (Å²) in [6.45, 7) is 0. The lowest BCUT2D eigenvalue weighted by Gasteiger charge is -2.25. The first kappa shape index (κ1) is 19.0. The number of hydrogen-bond acceptors (Lipinski definition) is 6. The van der Waals surface area contributed by atoms with Crippen LogP contribution in [0.3, 0.4) is 0 Å². The number of benzene rings is 2. The minimum atomic E-state index is -1.05. The third kappa shape index (κ3) is 3.20. The van der Waals surface area contributed by atoms with Crippen molar-refractivity contribution in [2.45, 2.75) is 6.04 Å². The van der Waals surface area contributed by atoms with Crippen molar-refractivity contribution in [2.75, 3.05) is 4.90 Å². The Morgan fingerprint density at radius 1 is 1.03 bits per heavy atom. The van der Waals surface area contributed by atoms with E-state index in [1.807, 2.05) is 0 Å². The van der Waals surface area contributed by atoms with Crippen LogP contribution in [0.15, 0.2) is 84.7 Å². The molecule has 1 aromatic heterocycles. The first-order chi connectivity index (χ1) is 14.5. The highest BCUT2D eigenvalue weighted by atomic mass is 16.6. The molecule has 1 aliphatic heterocycles. The Morgan fingerprint density at radius 2 is 1.80 bits per heavy atom. The van der Waals surface area contributed by atoms with Gasteiger partial charge in [0.25, 0.3) is 17.4 Å². The standard InChI is InChI=1S/C22H15N3O5/c26-20(14-6-2-1-3-7-14)18-19(15-8-4-9-16(12-15)25(29)30)24(22(28)21(18)27)17-10-5-11-23-13-17/h1-13,19,26H/b20-18+/t19-/m0/s1. The molecule has 8 nitrogen and oxygen atoms in total. The maximum Gasteiger partial charge on any atom is 0.300 e. The number of hydrogen-bond donors (Lipinski definition) is 1. The van der Waals surface area contributed by atoms with Crippen LogP contribution in [0.25, 0.3) is 5.76 Å². The number of nitro groups is 1. The summed E-state index contributed by atoms with van der Waals surface area (Å²) >= 11 is 0. The summed E-state index contributed by atoms with van der Waals surface area (Å²) in [6, 6.07) is 16.2. The Balaban J connectivity index is 1.97. The largest absolute Gasteiger partial charge is 0.507 e. The van der Waals surface area contributed by atoms with Gasteiger partial charge < -0.3 is 5.11 Å². The Bertz CT molecular complexity index is 1180. The molecular formula is C22H15N3O5. The van der Waals surface area contributed by atoms with Gasteiger partial charge in [0.2, 0.25) is 0 Å². The molecule has 0 bridgehead atoms. The molecule has 2 aromatic carbocycles. The zero-order valence-electron chi connectivity index (χ0n) is 15.5. The topological polar surface area (TPSA) is 114 Å². The van der Waals surface area contributed by atoms with Crippen molar-refractivity contribution in [3.8, 4) is 0 Å². The van der Waals surface area contributed by atoms with Crippen molar-refractivity contribution >= 4 is 28.8 Å². The molecule has 3 aromatic rings. The van der Waals surface area contributed by atoms with Crippen LogP contribution in [0.5, 0.6) is 0 Å². The highest BCUT2D eigenvalue weighted by Gasteiger charge is 2.47. The molecule has 0 spiro atoms. The van der Waals surface area contributed by atoms with Crippen molar-refractivity contribution < 1.29 is 19.6 Å². The summed E-state index contributed by atoms with van der Waals surface area (Å²) < 4.78 is 0. The molecule has 0 aliphatic carbocycles. The number of carbonyl (C=O) groups is 2. The lowest BCUT2D eigenvalue weighted by atomic mass is 9.95. The highest BCUT2D eigenvalue weighted by Crippen LogP contribution is 2.42. The van der Waals surface area contributed by atoms with E-state index in [1.165, 1.54) is 35.5 Å². The number of rotatable bonds is 4. The zero-order chi connectivity index (χ0) is 21.3. The fraction of sp³-hybridized carbons (Fsp3) is 0.0455.